The van der Waals surface area contributed by atoms with E-state index in [1.54, 1.807) is 48.3 Å². The highest BCUT2D eigenvalue weighted by Gasteiger charge is 2.29. The highest BCUT2D eigenvalue weighted by molar-refractivity contribution is 7.92. The average molecular weight is 523 g/mol. The van der Waals surface area contributed by atoms with Crippen molar-refractivity contribution < 1.29 is 23.1 Å². The molecule has 2 aromatic carbocycles. The number of aromatic nitrogens is 1. The van der Waals surface area contributed by atoms with Gasteiger partial charge in [-0.2, -0.15) is 0 Å². The summed E-state index contributed by atoms with van der Waals surface area (Å²) in [5, 5.41) is 14.2. The summed E-state index contributed by atoms with van der Waals surface area (Å²) in [6.45, 7) is 0.858. The zero-order chi connectivity index (χ0) is 24.3. The maximum Gasteiger partial charge on any atom is 0.407 e. The Balaban J connectivity index is 1.57. The van der Waals surface area contributed by atoms with Crippen LogP contribution in [0.1, 0.15) is 12.0 Å². The first-order valence-corrected chi connectivity index (χ1v) is 13.1. The number of carbonyl (C=O) groups is 1. The number of hydrogen-bond acceptors (Lipinski definition) is 7. The molecule has 0 unspecified atom stereocenters. The third-order valence-electron chi connectivity index (χ3n) is 5.51. The molecule has 1 saturated heterocycles. The lowest BCUT2D eigenvalue weighted by molar-refractivity contribution is 0.155. The van der Waals surface area contributed by atoms with E-state index in [4.69, 9.17) is 21.4 Å². The van der Waals surface area contributed by atoms with E-state index < -0.39 is 16.1 Å². The smallest absolute Gasteiger partial charge is 0.407 e. The fourth-order valence-electron chi connectivity index (χ4n) is 3.69. The standard InChI is InChI=1S/C22H23ClN4O5S2/c1-32-17-4-2-15(3-5-17)11-27(21-13-33-14-24-21)34(30,31)18-6-7-20(19(23)10-18)25-16-8-9-26(12-16)22(28)29/h2-7,10,13-14,16,25H,8-9,11-12H2,1H3,(H,28,29)/t16-/m0/s1. The molecule has 2 N–H and O–H groups in total. The third-order valence-corrected chi connectivity index (χ3v) is 8.14. The molecular formula is C22H23ClN4O5S2. The SMILES string of the molecule is COc1ccc(CN(c2cscn2)S(=O)(=O)c2ccc(N[C@H]3CCN(C(=O)O)C3)c(Cl)c2)cc1. The van der Waals surface area contributed by atoms with Crippen molar-refractivity contribution in [3.8, 4) is 5.75 Å². The Morgan fingerprint density at radius 2 is 2.09 bits per heavy atom. The van der Waals surface area contributed by atoms with E-state index in [9.17, 15) is 13.2 Å². The summed E-state index contributed by atoms with van der Waals surface area (Å²) in [5.41, 5.74) is 2.90. The van der Waals surface area contributed by atoms with Crippen molar-refractivity contribution in [3.05, 3.63) is 63.9 Å². The van der Waals surface area contributed by atoms with Gasteiger partial charge < -0.3 is 20.1 Å². The number of anilines is 2. The van der Waals surface area contributed by atoms with E-state index in [1.165, 1.54) is 32.7 Å². The Morgan fingerprint density at radius 3 is 2.68 bits per heavy atom. The zero-order valence-corrected chi connectivity index (χ0v) is 20.6. The number of thiazole rings is 1. The lowest BCUT2D eigenvalue weighted by atomic mass is 10.2. The topological polar surface area (TPSA) is 112 Å². The van der Waals surface area contributed by atoms with Crippen LogP contribution < -0.4 is 14.4 Å². The van der Waals surface area contributed by atoms with E-state index in [0.717, 1.165) is 5.56 Å². The van der Waals surface area contributed by atoms with Crippen molar-refractivity contribution in [3.63, 3.8) is 0 Å². The van der Waals surface area contributed by atoms with Gasteiger partial charge in [0.2, 0.25) is 0 Å². The van der Waals surface area contributed by atoms with Gasteiger partial charge >= 0.3 is 6.09 Å². The van der Waals surface area contributed by atoms with Gasteiger partial charge in [0.15, 0.2) is 5.82 Å². The van der Waals surface area contributed by atoms with Crippen LogP contribution in [0.5, 0.6) is 5.75 Å². The van der Waals surface area contributed by atoms with Crippen molar-refractivity contribution in [2.24, 2.45) is 0 Å². The first-order valence-electron chi connectivity index (χ1n) is 10.4. The molecule has 12 heteroatoms. The molecular weight excluding hydrogens is 500 g/mol. The fourth-order valence-corrected chi connectivity index (χ4v) is 6.02. The number of halogens is 1. The molecule has 1 aliphatic heterocycles. The molecule has 2 heterocycles. The Labute approximate surface area is 206 Å². The number of ether oxygens (including phenoxy) is 1. The summed E-state index contributed by atoms with van der Waals surface area (Å²) >= 11 is 7.74. The van der Waals surface area contributed by atoms with Gasteiger partial charge in [-0.05, 0) is 42.3 Å². The summed E-state index contributed by atoms with van der Waals surface area (Å²) in [5.74, 6) is 0.995. The second kappa shape index (κ2) is 10.1. The van der Waals surface area contributed by atoms with Crippen LogP contribution in [-0.2, 0) is 16.6 Å². The van der Waals surface area contributed by atoms with Crippen LogP contribution in [0.15, 0.2) is 58.3 Å². The minimum absolute atomic E-state index is 0.0307. The predicted molar refractivity (Wildman–Crippen MR) is 132 cm³/mol. The number of nitrogens with zero attached hydrogens (tertiary/aromatic N) is 3. The molecule has 4 rings (SSSR count). The summed E-state index contributed by atoms with van der Waals surface area (Å²) in [6, 6.07) is 11.5. The van der Waals surface area contributed by atoms with Crippen molar-refractivity contribution in [1.29, 1.82) is 0 Å². The minimum atomic E-state index is -3.98. The van der Waals surface area contributed by atoms with Crippen LogP contribution in [0.2, 0.25) is 5.02 Å². The van der Waals surface area contributed by atoms with E-state index in [1.807, 2.05) is 0 Å². The number of sulfonamides is 1. The molecule has 9 nitrogen and oxygen atoms in total. The van der Waals surface area contributed by atoms with Crippen LogP contribution in [-0.4, -0.2) is 55.7 Å². The van der Waals surface area contributed by atoms with E-state index >= 15 is 0 Å². The maximum atomic E-state index is 13.6. The average Bonchev–Trinajstić information content (AvgIpc) is 3.51. The molecule has 1 aromatic heterocycles. The lowest BCUT2D eigenvalue weighted by Gasteiger charge is -2.23. The molecule has 180 valence electrons. The molecule has 0 aliphatic carbocycles. The minimum Gasteiger partial charge on any atom is -0.497 e. The maximum absolute atomic E-state index is 13.6. The number of carboxylic acid groups (broad SMARTS) is 1. The molecule has 0 spiro atoms. The largest absolute Gasteiger partial charge is 0.497 e. The molecule has 1 fully saturated rings. The van der Waals surface area contributed by atoms with Crippen molar-refractivity contribution in [2.45, 2.75) is 23.9 Å². The highest BCUT2D eigenvalue weighted by atomic mass is 35.5. The summed E-state index contributed by atoms with van der Waals surface area (Å²) in [4.78, 5) is 16.7. The van der Waals surface area contributed by atoms with Crippen molar-refractivity contribution >= 4 is 50.6 Å². The molecule has 1 atom stereocenters. The molecule has 3 aromatic rings. The summed E-state index contributed by atoms with van der Waals surface area (Å²) in [7, 11) is -2.41. The Bertz CT molecular complexity index is 1250. The number of hydrogen-bond donors (Lipinski definition) is 2. The molecule has 34 heavy (non-hydrogen) atoms. The van der Waals surface area contributed by atoms with Gasteiger partial charge in [0.1, 0.15) is 5.75 Å². The van der Waals surface area contributed by atoms with Gasteiger partial charge in [-0.1, -0.05) is 23.7 Å². The predicted octanol–water partition coefficient (Wildman–Crippen LogP) is 4.36. The summed E-state index contributed by atoms with van der Waals surface area (Å²) in [6.07, 6.45) is -0.321. The number of amides is 1. The Morgan fingerprint density at radius 1 is 1.32 bits per heavy atom. The number of benzene rings is 2. The van der Waals surface area contributed by atoms with Crippen molar-refractivity contribution in [1.82, 2.24) is 9.88 Å². The first kappa shape index (κ1) is 24.1. The summed E-state index contributed by atoms with van der Waals surface area (Å²) < 4.78 is 33.6. The molecule has 1 aliphatic rings. The number of methoxy groups -OCH3 is 1. The molecule has 0 radical (unpaired) electrons. The highest BCUT2D eigenvalue weighted by Crippen LogP contribution is 2.31. The van der Waals surface area contributed by atoms with Crippen LogP contribution in [0.3, 0.4) is 0 Å². The van der Waals surface area contributed by atoms with Gasteiger partial charge in [0, 0.05) is 24.5 Å². The van der Waals surface area contributed by atoms with Crippen LogP contribution in [0, 0.1) is 0 Å². The van der Waals surface area contributed by atoms with Gasteiger partial charge in [-0.3, -0.25) is 0 Å². The van der Waals surface area contributed by atoms with Gasteiger partial charge in [0.25, 0.3) is 10.0 Å². The van der Waals surface area contributed by atoms with Gasteiger partial charge in [-0.25, -0.2) is 22.5 Å². The van der Waals surface area contributed by atoms with Gasteiger partial charge in [-0.15, -0.1) is 11.3 Å². The Hall–Kier alpha value is -3.02. The number of rotatable bonds is 8. The molecule has 0 saturated carbocycles. The second-order valence-electron chi connectivity index (χ2n) is 7.71. The normalized spacial score (nSPS) is 15.8. The third kappa shape index (κ3) is 5.21. The first-order chi connectivity index (χ1) is 16.3. The van der Waals surface area contributed by atoms with E-state index in [0.29, 0.717) is 36.8 Å². The van der Waals surface area contributed by atoms with Gasteiger partial charge in [0.05, 0.1) is 34.8 Å². The quantitative estimate of drug-likeness (QED) is 0.452. The Kier molecular flexibility index (Phi) is 7.15. The van der Waals surface area contributed by atoms with E-state index in [2.05, 4.69) is 10.3 Å². The molecule has 0 bridgehead atoms. The lowest BCUT2D eigenvalue weighted by Crippen LogP contribution is -2.31. The van der Waals surface area contributed by atoms with Crippen LogP contribution >= 0.6 is 22.9 Å². The fraction of sp³-hybridized carbons (Fsp3) is 0.273. The number of likely N-dealkylation sites (tertiary alicyclic amines) is 1. The zero-order valence-electron chi connectivity index (χ0n) is 18.2. The van der Waals surface area contributed by atoms with Crippen LogP contribution in [0.4, 0.5) is 16.3 Å². The second-order valence-corrected chi connectivity index (χ2v) is 10.7. The molecule has 1 amide bonds. The van der Waals surface area contributed by atoms with Crippen molar-refractivity contribution in [2.75, 3.05) is 29.8 Å². The monoisotopic (exact) mass is 522 g/mol. The number of nitrogens with one attached hydrogen (secondary N) is 1. The van der Waals surface area contributed by atoms with E-state index in [-0.39, 0.29) is 22.5 Å². The van der Waals surface area contributed by atoms with Crippen LogP contribution in [0.25, 0.3) is 0 Å².